The van der Waals surface area contributed by atoms with Crippen molar-refractivity contribution >= 4 is 11.4 Å². The summed E-state index contributed by atoms with van der Waals surface area (Å²) in [5.41, 5.74) is 8.13. The summed E-state index contributed by atoms with van der Waals surface area (Å²) in [5.74, 6) is -0.404. The summed E-state index contributed by atoms with van der Waals surface area (Å²) < 4.78 is 4.94. The number of aromatic amines is 1. The number of para-hydroxylation sites is 2. The minimum absolute atomic E-state index is 0.196. The van der Waals surface area contributed by atoms with Gasteiger partial charge >= 0.3 is 5.76 Å². The van der Waals surface area contributed by atoms with E-state index in [0.29, 0.717) is 6.54 Å². The molecule has 0 radical (unpaired) electrons. The molecule has 0 amide bonds. The van der Waals surface area contributed by atoms with Gasteiger partial charge in [0.1, 0.15) is 6.04 Å². The maximum Gasteiger partial charge on any atom is 0.434 e. The molecule has 2 aromatic carbocycles. The lowest BCUT2D eigenvalue weighted by molar-refractivity contribution is 0.427. The van der Waals surface area contributed by atoms with Crippen LogP contribution in [0.15, 0.2) is 69.9 Å². The Bertz CT molecular complexity index is 728. The van der Waals surface area contributed by atoms with Gasteiger partial charge in [-0.15, -0.1) is 5.10 Å². The van der Waals surface area contributed by atoms with E-state index in [9.17, 15) is 4.79 Å². The van der Waals surface area contributed by atoms with E-state index in [2.05, 4.69) is 15.1 Å². The minimum Gasteiger partial charge on any atom is -0.391 e. The van der Waals surface area contributed by atoms with Gasteiger partial charge in [0, 0.05) is 17.9 Å². The van der Waals surface area contributed by atoms with Crippen molar-refractivity contribution in [3.05, 3.63) is 77.1 Å². The van der Waals surface area contributed by atoms with Crippen molar-refractivity contribution in [3.63, 3.8) is 0 Å². The number of aromatic nitrogens is 2. The van der Waals surface area contributed by atoms with Gasteiger partial charge in [0.05, 0.1) is 0 Å². The lowest BCUT2D eigenvalue weighted by Crippen LogP contribution is -2.29. The first kappa shape index (κ1) is 14.1. The molecule has 1 atom stereocenters. The molecule has 0 bridgehead atoms. The van der Waals surface area contributed by atoms with Gasteiger partial charge in [0.25, 0.3) is 0 Å². The van der Waals surface area contributed by atoms with Gasteiger partial charge in [0.2, 0.25) is 5.89 Å². The Kier molecular flexibility index (Phi) is 4.02. The van der Waals surface area contributed by atoms with Crippen LogP contribution in [0.4, 0.5) is 11.4 Å². The topological polar surface area (TPSA) is 88.1 Å². The van der Waals surface area contributed by atoms with Crippen molar-refractivity contribution in [2.45, 2.75) is 6.04 Å². The van der Waals surface area contributed by atoms with Gasteiger partial charge < -0.3 is 15.1 Å². The smallest absolute Gasteiger partial charge is 0.391 e. The second kappa shape index (κ2) is 6.28. The summed E-state index contributed by atoms with van der Waals surface area (Å²) >= 11 is 0. The zero-order valence-electron chi connectivity index (χ0n) is 11.8. The van der Waals surface area contributed by atoms with Crippen molar-refractivity contribution in [1.29, 1.82) is 0 Å². The van der Waals surface area contributed by atoms with Gasteiger partial charge in [-0.2, -0.15) is 0 Å². The molecule has 0 saturated heterocycles. The second-order valence-corrected chi connectivity index (χ2v) is 4.84. The zero-order valence-corrected chi connectivity index (χ0v) is 11.8. The fourth-order valence-electron chi connectivity index (χ4n) is 2.25. The highest BCUT2D eigenvalue weighted by Gasteiger charge is 2.18. The SMILES string of the molecule is N[C@@H](CN(c1ccccc1)c1ccccc1)c1n[nH]c(=O)o1. The lowest BCUT2D eigenvalue weighted by Gasteiger charge is -2.26. The molecule has 0 spiro atoms. The number of nitrogens with one attached hydrogen (secondary N) is 1. The molecule has 0 aliphatic carbocycles. The van der Waals surface area contributed by atoms with Crippen LogP contribution in [0.1, 0.15) is 11.9 Å². The molecule has 6 heteroatoms. The van der Waals surface area contributed by atoms with Crippen LogP contribution in [0.25, 0.3) is 0 Å². The van der Waals surface area contributed by atoms with Crippen LogP contribution in [0.2, 0.25) is 0 Å². The third kappa shape index (κ3) is 3.07. The summed E-state index contributed by atoms with van der Waals surface area (Å²) in [5, 5.41) is 6.03. The van der Waals surface area contributed by atoms with Crippen LogP contribution in [-0.2, 0) is 0 Å². The first-order chi connectivity index (χ1) is 10.7. The van der Waals surface area contributed by atoms with Crippen LogP contribution < -0.4 is 16.4 Å². The predicted octanol–water partition coefficient (Wildman–Crippen LogP) is 2.20. The molecular formula is C16H16N4O2. The third-order valence-corrected chi connectivity index (χ3v) is 3.29. The monoisotopic (exact) mass is 296 g/mol. The van der Waals surface area contributed by atoms with E-state index >= 15 is 0 Å². The van der Waals surface area contributed by atoms with Gasteiger partial charge in [-0.1, -0.05) is 36.4 Å². The highest BCUT2D eigenvalue weighted by atomic mass is 16.4. The number of hydrogen-bond acceptors (Lipinski definition) is 5. The van der Waals surface area contributed by atoms with Gasteiger partial charge in [-0.25, -0.2) is 9.89 Å². The molecule has 3 rings (SSSR count). The standard InChI is InChI=1S/C16H16N4O2/c17-14(15-18-19-16(21)22-15)11-20(12-7-3-1-4-8-12)13-9-5-2-6-10-13/h1-10,14H,11,17H2,(H,19,21)/t14-/m0/s1. The third-order valence-electron chi connectivity index (χ3n) is 3.29. The Morgan fingerprint density at radius 2 is 1.59 bits per heavy atom. The molecule has 6 nitrogen and oxygen atoms in total. The Hall–Kier alpha value is -2.86. The summed E-state index contributed by atoms with van der Waals surface area (Å²) in [7, 11) is 0. The molecule has 112 valence electrons. The number of anilines is 2. The molecule has 0 unspecified atom stereocenters. The Morgan fingerprint density at radius 1 is 1.05 bits per heavy atom. The van der Waals surface area contributed by atoms with Crippen molar-refractivity contribution in [3.8, 4) is 0 Å². The van der Waals surface area contributed by atoms with Crippen LogP contribution in [0.3, 0.4) is 0 Å². The van der Waals surface area contributed by atoms with Gasteiger partial charge in [-0.05, 0) is 24.3 Å². The van der Waals surface area contributed by atoms with E-state index in [1.807, 2.05) is 60.7 Å². The van der Waals surface area contributed by atoms with Crippen LogP contribution in [0.5, 0.6) is 0 Å². The van der Waals surface area contributed by atoms with Gasteiger partial charge in [0.15, 0.2) is 0 Å². The van der Waals surface area contributed by atoms with Crippen LogP contribution in [0, 0.1) is 0 Å². The van der Waals surface area contributed by atoms with Crippen molar-refractivity contribution < 1.29 is 4.42 Å². The zero-order chi connectivity index (χ0) is 15.4. The number of H-pyrrole nitrogens is 1. The number of nitrogens with two attached hydrogens (primary N) is 1. The fourth-order valence-corrected chi connectivity index (χ4v) is 2.25. The van der Waals surface area contributed by atoms with Crippen molar-refractivity contribution in [1.82, 2.24) is 10.2 Å². The number of nitrogens with zero attached hydrogens (tertiary/aromatic N) is 2. The molecule has 0 aliphatic heterocycles. The molecule has 1 aromatic heterocycles. The van der Waals surface area contributed by atoms with E-state index in [1.165, 1.54) is 0 Å². The second-order valence-electron chi connectivity index (χ2n) is 4.84. The van der Waals surface area contributed by atoms with Gasteiger partial charge in [-0.3, -0.25) is 0 Å². The number of benzene rings is 2. The fraction of sp³-hybridized carbons (Fsp3) is 0.125. The molecule has 22 heavy (non-hydrogen) atoms. The van der Waals surface area contributed by atoms with E-state index in [4.69, 9.17) is 10.2 Å². The molecule has 0 saturated carbocycles. The molecule has 3 aromatic rings. The van der Waals surface area contributed by atoms with E-state index in [0.717, 1.165) is 11.4 Å². The summed E-state index contributed by atoms with van der Waals surface area (Å²) in [6, 6.07) is 19.2. The van der Waals surface area contributed by atoms with E-state index in [1.54, 1.807) is 0 Å². The normalized spacial score (nSPS) is 12.0. The maximum atomic E-state index is 11.1. The average Bonchev–Trinajstić information content (AvgIpc) is 3.01. The van der Waals surface area contributed by atoms with Crippen LogP contribution in [-0.4, -0.2) is 16.7 Å². The predicted molar refractivity (Wildman–Crippen MR) is 83.9 cm³/mol. The summed E-state index contributed by atoms with van der Waals surface area (Å²) in [6.45, 7) is 0.432. The Morgan fingerprint density at radius 3 is 2.05 bits per heavy atom. The highest BCUT2D eigenvalue weighted by Crippen LogP contribution is 2.26. The lowest BCUT2D eigenvalue weighted by atomic mass is 10.2. The highest BCUT2D eigenvalue weighted by molar-refractivity contribution is 5.63. The average molecular weight is 296 g/mol. The summed E-state index contributed by atoms with van der Waals surface area (Å²) in [6.07, 6.45) is 0. The van der Waals surface area contributed by atoms with E-state index in [-0.39, 0.29) is 5.89 Å². The largest absolute Gasteiger partial charge is 0.434 e. The quantitative estimate of drug-likeness (QED) is 0.753. The molecule has 1 heterocycles. The first-order valence-electron chi connectivity index (χ1n) is 6.92. The van der Waals surface area contributed by atoms with Crippen molar-refractivity contribution in [2.24, 2.45) is 5.73 Å². The molecule has 0 aliphatic rings. The Balaban J connectivity index is 1.91. The first-order valence-corrected chi connectivity index (χ1v) is 6.92. The molecule has 3 N–H and O–H groups in total. The molecule has 0 fully saturated rings. The van der Waals surface area contributed by atoms with Crippen molar-refractivity contribution in [2.75, 3.05) is 11.4 Å². The maximum absolute atomic E-state index is 11.1. The minimum atomic E-state index is -0.601. The Labute approximate surface area is 127 Å². The van der Waals surface area contributed by atoms with E-state index < -0.39 is 11.8 Å². The molecular weight excluding hydrogens is 280 g/mol. The summed E-state index contributed by atoms with van der Waals surface area (Å²) in [4.78, 5) is 13.1. The van der Waals surface area contributed by atoms with Crippen LogP contribution >= 0.6 is 0 Å². The number of rotatable bonds is 5. The number of hydrogen-bond donors (Lipinski definition) is 2.